The molecule has 0 N–H and O–H groups in total. The Morgan fingerprint density at radius 2 is 1.57 bits per heavy atom. The van der Waals surface area contributed by atoms with Gasteiger partial charge in [-0.2, -0.15) is 0 Å². The van der Waals surface area contributed by atoms with E-state index in [2.05, 4.69) is 18.4 Å². The van der Waals surface area contributed by atoms with E-state index in [1.165, 1.54) is 6.92 Å². The minimum absolute atomic E-state index is 0.0553. The highest BCUT2D eigenvalue weighted by Crippen LogP contribution is 2.33. The van der Waals surface area contributed by atoms with Crippen LogP contribution in [0.3, 0.4) is 0 Å². The first kappa shape index (κ1) is 20.7. The lowest BCUT2D eigenvalue weighted by Gasteiger charge is -2.28. The number of carbonyl (C=O) groups excluding carboxylic acids is 3. The van der Waals surface area contributed by atoms with Crippen molar-refractivity contribution in [1.82, 2.24) is 0 Å². The first-order valence-electron chi connectivity index (χ1n) is 7.38. The number of hydrogen-bond acceptors (Lipinski definition) is 6. The largest absolute Gasteiger partial charge is 0.465 e. The summed E-state index contributed by atoms with van der Waals surface area (Å²) in [5.74, 6) is 3.49. The molecule has 0 aromatic heterocycles. The summed E-state index contributed by atoms with van der Waals surface area (Å²) in [4.78, 5) is 35.7. The second-order valence-corrected chi connectivity index (χ2v) is 4.83. The molecule has 0 spiro atoms. The predicted molar refractivity (Wildman–Crippen MR) is 84.2 cm³/mol. The second-order valence-electron chi connectivity index (χ2n) is 4.83. The van der Waals surface area contributed by atoms with Gasteiger partial charge in [-0.05, 0) is 32.8 Å². The lowest BCUT2D eigenvalue weighted by molar-refractivity contribution is -0.171. The Kier molecular flexibility index (Phi) is 9.40. The molecule has 23 heavy (non-hydrogen) atoms. The maximum Gasteiger partial charge on any atom is 0.324 e. The summed E-state index contributed by atoms with van der Waals surface area (Å²) in [6.45, 7) is 10.1. The molecule has 0 saturated carbocycles. The van der Waals surface area contributed by atoms with Gasteiger partial charge in [0.15, 0.2) is 5.41 Å². The molecule has 0 aliphatic rings. The fourth-order valence-electron chi connectivity index (χ4n) is 1.89. The highest BCUT2D eigenvalue weighted by molar-refractivity contribution is 6.00. The van der Waals surface area contributed by atoms with Gasteiger partial charge in [0.2, 0.25) is 0 Å². The molecule has 0 amide bonds. The molecule has 0 aromatic rings. The van der Waals surface area contributed by atoms with E-state index >= 15 is 0 Å². The van der Waals surface area contributed by atoms with Gasteiger partial charge >= 0.3 is 17.9 Å². The molecule has 0 bridgehead atoms. The van der Waals surface area contributed by atoms with Crippen molar-refractivity contribution in [2.24, 2.45) is 5.41 Å². The van der Waals surface area contributed by atoms with Gasteiger partial charge in [0, 0.05) is 13.3 Å². The van der Waals surface area contributed by atoms with Crippen molar-refractivity contribution in [3.8, 4) is 11.8 Å². The van der Waals surface area contributed by atoms with Gasteiger partial charge < -0.3 is 14.2 Å². The number of hydrogen-bond donors (Lipinski definition) is 0. The zero-order valence-electron chi connectivity index (χ0n) is 14.2. The SMILES string of the molecule is C=C(COC(C)=O)CC(CC#CC)(C(=O)OCC)C(=O)OCC. The summed E-state index contributed by atoms with van der Waals surface area (Å²) >= 11 is 0. The molecule has 0 heterocycles. The Hall–Kier alpha value is -2.29. The van der Waals surface area contributed by atoms with Crippen molar-refractivity contribution < 1.29 is 28.6 Å². The number of ether oxygens (including phenoxy) is 3. The van der Waals surface area contributed by atoms with Crippen LogP contribution in [-0.2, 0) is 28.6 Å². The lowest BCUT2D eigenvalue weighted by atomic mass is 9.78. The third-order valence-corrected chi connectivity index (χ3v) is 2.93. The van der Waals surface area contributed by atoms with E-state index in [4.69, 9.17) is 14.2 Å². The van der Waals surface area contributed by atoms with E-state index in [0.29, 0.717) is 5.57 Å². The zero-order valence-corrected chi connectivity index (χ0v) is 14.2. The molecule has 0 aliphatic heterocycles. The van der Waals surface area contributed by atoms with Crippen LogP contribution >= 0.6 is 0 Å². The monoisotopic (exact) mass is 324 g/mol. The van der Waals surface area contributed by atoms with Crippen LogP contribution in [-0.4, -0.2) is 37.7 Å². The second kappa shape index (κ2) is 10.4. The highest BCUT2D eigenvalue weighted by Gasteiger charge is 2.48. The van der Waals surface area contributed by atoms with Crippen molar-refractivity contribution in [1.29, 1.82) is 0 Å². The Balaban J connectivity index is 5.53. The smallest absolute Gasteiger partial charge is 0.324 e. The summed E-state index contributed by atoms with van der Waals surface area (Å²) in [7, 11) is 0. The highest BCUT2D eigenvalue weighted by atomic mass is 16.6. The van der Waals surface area contributed by atoms with Crippen molar-refractivity contribution in [2.75, 3.05) is 19.8 Å². The molecular formula is C17H24O6. The van der Waals surface area contributed by atoms with Gasteiger partial charge in [-0.15, -0.1) is 11.8 Å². The molecule has 0 atom stereocenters. The van der Waals surface area contributed by atoms with E-state index in [1.54, 1.807) is 20.8 Å². The number of carbonyl (C=O) groups is 3. The van der Waals surface area contributed by atoms with Crippen LogP contribution in [0, 0.1) is 17.3 Å². The van der Waals surface area contributed by atoms with Crippen LogP contribution in [0.15, 0.2) is 12.2 Å². The van der Waals surface area contributed by atoms with Gasteiger partial charge in [0.05, 0.1) is 13.2 Å². The first-order chi connectivity index (χ1) is 10.8. The zero-order chi connectivity index (χ0) is 17.9. The van der Waals surface area contributed by atoms with E-state index in [1.807, 2.05) is 0 Å². The van der Waals surface area contributed by atoms with Gasteiger partial charge in [-0.25, -0.2) is 0 Å². The molecule has 6 nitrogen and oxygen atoms in total. The fourth-order valence-corrected chi connectivity index (χ4v) is 1.89. The summed E-state index contributed by atoms with van der Waals surface area (Å²) < 4.78 is 14.9. The Morgan fingerprint density at radius 3 is 1.96 bits per heavy atom. The van der Waals surface area contributed by atoms with Gasteiger partial charge in [-0.3, -0.25) is 14.4 Å². The Bertz CT molecular complexity index is 491. The van der Waals surface area contributed by atoms with E-state index in [0.717, 1.165) is 0 Å². The molecule has 128 valence electrons. The molecule has 0 aromatic carbocycles. The van der Waals surface area contributed by atoms with E-state index < -0.39 is 23.3 Å². The van der Waals surface area contributed by atoms with Crippen molar-refractivity contribution in [3.63, 3.8) is 0 Å². The minimum atomic E-state index is -1.60. The van der Waals surface area contributed by atoms with Crippen LogP contribution in [0.5, 0.6) is 0 Å². The minimum Gasteiger partial charge on any atom is -0.465 e. The summed E-state index contributed by atoms with van der Waals surface area (Å²) in [6.07, 6.45) is -0.118. The van der Waals surface area contributed by atoms with Crippen LogP contribution in [0.4, 0.5) is 0 Å². The maximum atomic E-state index is 12.4. The van der Waals surface area contributed by atoms with Crippen LogP contribution < -0.4 is 0 Å². The summed E-state index contributed by atoms with van der Waals surface area (Å²) in [6, 6.07) is 0. The van der Waals surface area contributed by atoms with Gasteiger partial charge in [0.1, 0.15) is 6.61 Å². The van der Waals surface area contributed by atoms with Crippen LogP contribution in [0.2, 0.25) is 0 Å². The quantitative estimate of drug-likeness (QED) is 0.212. The molecule has 6 heteroatoms. The average Bonchev–Trinajstić information content (AvgIpc) is 2.49. The number of rotatable bonds is 9. The summed E-state index contributed by atoms with van der Waals surface area (Å²) in [5.41, 5.74) is -1.20. The maximum absolute atomic E-state index is 12.4. The van der Waals surface area contributed by atoms with Gasteiger partial charge in [-0.1, -0.05) is 6.58 Å². The van der Waals surface area contributed by atoms with Crippen molar-refractivity contribution in [3.05, 3.63) is 12.2 Å². The van der Waals surface area contributed by atoms with E-state index in [-0.39, 0.29) is 32.7 Å². The van der Waals surface area contributed by atoms with Crippen LogP contribution in [0.25, 0.3) is 0 Å². The average molecular weight is 324 g/mol. The number of esters is 3. The Morgan fingerprint density at radius 1 is 1.04 bits per heavy atom. The van der Waals surface area contributed by atoms with Gasteiger partial charge in [0.25, 0.3) is 0 Å². The molecular weight excluding hydrogens is 300 g/mol. The standard InChI is InChI=1S/C17H24O6/c1-6-9-10-17(15(19)21-7-2,16(20)22-8-3)11-13(4)12-23-14(5)18/h4,7-8,10-12H2,1-3,5H3. The summed E-state index contributed by atoms with van der Waals surface area (Å²) in [5, 5.41) is 0. The van der Waals surface area contributed by atoms with Crippen LogP contribution in [0.1, 0.15) is 40.5 Å². The molecule has 0 radical (unpaired) electrons. The third-order valence-electron chi connectivity index (χ3n) is 2.93. The topological polar surface area (TPSA) is 78.9 Å². The third kappa shape index (κ3) is 6.55. The molecule has 0 fully saturated rings. The lowest BCUT2D eigenvalue weighted by Crippen LogP contribution is -2.42. The van der Waals surface area contributed by atoms with E-state index in [9.17, 15) is 14.4 Å². The molecule has 0 unspecified atom stereocenters. The first-order valence-corrected chi connectivity index (χ1v) is 7.38. The van der Waals surface area contributed by atoms with Crippen molar-refractivity contribution in [2.45, 2.75) is 40.5 Å². The Labute approximate surface area is 137 Å². The van der Waals surface area contributed by atoms with Crippen molar-refractivity contribution >= 4 is 17.9 Å². The predicted octanol–water partition coefficient (Wildman–Crippen LogP) is 2.02. The normalized spacial score (nSPS) is 10.1. The molecule has 0 saturated heterocycles. The molecule has 0 rings (SSSR count). The molecule has 0 aliphatic carbocycles. The fraction of sp³-hybridized carbons (Fsp3) is 0.588.